The number of carbonyl (C=O) groups excluding carboxylic acids is 2. The third-order valence-electron chi connectivity index (χ3n) is 2.53. The SMILES string of the molecule is O=C1c2cnccc2C(=O)c2[nH]ccc21. The summed E-state index contributed by atoms with van der Waals surface area (Å²) in [5.74, 6) is -0.291. The fourth-order valence-corrected chi connectivity index (χ4v) is 1.80. The molecule has 2 heterocycles. The zero-order chi connectivity index (χ0) is 10.4. The lowest BCUT2D eigenvalue weighted by atomic mass is 9.90. The van der Waals surface area contributed by atoms with E-state index in [9.17, 15) is 9.59 Å². The highest BCUT2D eigenvalue weighted by atomic mass is 16.1. The van der Waals surface area contributed by atoms with Gasteiger partial charge in [-0.2, -0.15) is 0 Å². The van der Waals surface area contributed by atoms with Gasteiger partial charge in [-0.3, -0.25) is 14.6 Å². The topological polar surface area (TPSA) is 62.8 Å². The molecule has 1 N–H and O–H groups in total. The molecule has 0 aliphatic heterocycles. The number of nitrogens with one attached hydrogen (secondary N) is 1. The number of pyridine rings is 1. The Morgan fingerprint density at radius 2 is 1.87 bits per heavy atom. The molecule has 0 spiro atoms. The van der Waals surface area contributed by atoms with Gasteiger partial charge < -0.3 is 4.98 Å². The smallest absolute Gasteiger partial charge is 0.210 e. The lowest BCUT2D eigenvalue weighted by Crippen LogP contribution is -2.20. The molecule has 15 heavy (non-hydrogen) atoms. The van der Waals surface area contributed by atoms with E-state index in [1.54, 1.807) is 18.3 Å². The number of aromatic nitrogens is 2. The van der Waals surface area contributed by atoms with E-state index in [4.69, 9.17) is 0 Å². The van der Waals surface area contributed by atoms with Gasteiger partial charge in [-0.25, -0.2) is 0 Å². The van der Waals surface area contributed by atoms with Crippen LogP contribution >= 0.6 is 0 Å². The van der Waals surface area contributed by atoms with E-state index < -0.39 is 0 Å². The van der Waals surface area contributed by atoms with E-state index in [1.807, 2.05) is 0 Å². The van der Waals surface area contributed by atoms with Crippen LogP contribution < -0.4 is 0 Å². The van der Waals surface area contributed by atoms with Gasteiger partial charge in [0, 0.05) is 24.2 Å². The molecule has 0 saturated heterocycles. The summed E-state index contributed by atoms with van der Waals surface area (Å²) in [5, 5.41) is 0. The van der Waals surface area contributed by atoms with Gasteiger partial charge in [0.25, 0.3) is 0 Å². The minimum Gasteiger partial charge on any atom is -0.358 e. The summed E-state index contributed by atoms with van der Waals surface area (Å²) in [7, 11) is 0. The zero-order valence-electron chi connectivity index (χ0n) is 7.65. The van der Waals surface area contributed by atoms with Crippen LogP contribution in [-0.2, 0) is 0 Å². The van der Waals surface area contributed by atoms with Crippen LogP contribution in [0.1, 0.15) is 32.0 Å². The molecular formula is C11H6N2O2. The Balaban J connectivity index is 2.36. The van der Waals surface area contributed by atoms with Gasteiger partial charge in [0.15, 0.2) is 5.78 Å². The summed E-state index contributed by atoms with van der Waals surface area (Å²) >= 11 is 0. The maximum atomic E-state index is 11.9. The molecule has 72 valence electrons. The van der Waals surface area contributed by atoms with E-state index in [-0.39, 0.29) is 11.6 Å². The van der Waals surface area contributed by atoms with Gasteiger partial charge >= 0.3 is 0 Å². The van der Waals surface area contributed by atoms with Crippen molar-refractivity contribution in [2.24, 2.45) is 0 Å². The van der Waals surface area contributed by atoms with Crippen LogP contribution in [0.4, 0.5) is 0 Å². The fraction of sp³-hybridized carbons (Fsp3) is 0. The van der Waals surface area contributed by atoms with Gasteiger partial charge in [0.2, 0.25) is 5.78 Å². The standard InChI is InChI=1S/C11H6N2O2/c14-10-7-2-4-13-9(7)11(15)6-1-3-12-5-8(6)10/h1-5,13H. The summed E-state index contributed by atoms with van der Waals surface area (Å²) in [6, 6.07) is 3.19. The molecule has 0 unspecified atom stereocenters. The number of aromatic amines is 1. The molecule has 3 rings (SSSR count). The molecule has 0 fully saturated rings. The largest absolute Gasteiger partial charge is 0.358 e. The lowest BCUT2D eigenvalue weighted by Gasteiger charge is -2.12. The van der Waals surface area contributed by atoms with E-state index in [0.717, 1.165) is 0 Å². The molecule has 1 aliphatic carbocycles. The maximum Gasteiger partial charge on any atom is 0.210 e. The predicted molar refractivity (Wildman–Crippen MR) is 51.9 cm³/mol. The number of rotatable bonds is 0. The van der Waals surface area contributed by atoms with Gasteiger partial charge in [-0.05, 0) is 12.1 Å². The third kappa shape index (κ3) is 0.929. The second kappa shape index (κ2) is 2.63. The number of H-pyrrole nitrogens is 1. The van der Waals surface area contributed by atoms with Crippen molar-refractivity contribution >= 4 is 11.6 Å². The van der Waals surface area contributed by atoms with Crippen molar-refractivity contribution in [1.82, 2.24) is 9.97 Å². The summed E-state index contributed by atoms with van der Waals surface area (Å²) in [5.41, 5.74) is 1.61. The van der Waals surface area contributed by atoms with Crippen LogP contribution in [0.15, 0.2) is 30.7 Å². The first-order chi connectivity index (χ1) is 7.29. The number of hydrogen-bond acceptors (Lipinski definition) is 3. The molecule has 0 amide bonds. The second-order valence-corrected chi connectivity index (χ2v) is 3.35. The summed E-state index contributed by atoms with van der Waals surface area (Å²) < 4.78 is 0. The second-order valence-electron chi connectivity index (χ2n) is 3.35. The first-order valence-electron chi connectivity index (χ1n) is 4.50. The summed E-state index contributed by atoms with van der Waals surface area (Å²) in [4.78, 5) is 30.5. The normalized spacial score (nSPS) is 13.6. The number of fused-ring (bicyclic) bond motifs is 2. The molecule has 0 radical (unpaired) electrons. The molecule has 0 aromatic carbocycles. The van der Waals surface area contributed by atoms with Crippen LogP contribution in [0, 0.1) is 0 Å². The number of ketones is 2. The zero-order valence-corrected chi connectivity index (χ0v) is 7.65. The Bertz CT molecular complexity index is 534. The van der Waals surface area contributed by atoms with Crippen molar-refractivity contribution in [2.75, 3.05) is 0 Å². The highest BCUT2D eigenvalue weighted by molar-refractivity contribution is 6.27. The first-order valence-corrected chi connectivity index (χ1v) is 4.50. The van der Waals surface area contributed by atoms with E-state index in [2.05, 4.69) is 9.97 Å². The van der Waals surface area contributed by atoms with Gasteiger partial charge in [0.1, 0.15) is 0 Å². The Kier molecular flexibility index (Phi) is 1.42. The minimum absolute atomic E-state index is 0.144. The average molecular weight is 198 g/mol. The number of carbonyl (C=O) groups is 2. The van der Waals surface area contributed by atoms with Crippen molar-refractivity contribution in [3.05, 3.63) is 53.1 Å². The molecule has 0 saturated carbocycles. The van der Waals surface area contributed by atoms with Crippen molar-refractivity contribution in [3.8, 4) is 0 Å². The molecule has 1 aliphatic rings. The fourth-order valence-electron chi connectivity index (χ4n) is 1.80. The molecule has 4 nitrogen and oxygen atoms in total. The van der Waals surface area contributed by atoms with E-state index in [0.29, 0.717) is 22.4 Å². The van der Waals surface area contributed by atoms with Crippen LogP contribution in [0.3, 0.4) is 0 Å². The van der Waals surface area contributed by atoms with Crippen LogP contribution in [0.2, 0.25) is 0 Å². The van der Waals surface area contributed by atoms with Crippen LogP contribution in [0.25, 0.3) is 0 Å². The molecule has 4 heteroatoms. The molecule has 2 aromatic rings. The van der Waals surface area contributed by atoms with Crippen molar-refractivity contribution in [2.45, 2.75) is 0 Å². The molecule has 2 aromatic heterocycles. The molecule has 0 bridgehead atoms. The number of nitrogens with zero attached hydrogens (tertiary/aromatic N) is 1. The Morgan fingerprint density at radius 3 is 2.73 bits per heavy atom. The van der Waals surface area contributed by atoms with Gasteiger partial charge in [-0.15, -0.1) is 0 Å². The Morgan fingerprint density at radius 1 is 1.00 bits per heavy atom. The molecular weight excluding hydrogens is 192 g/mol. The first kappa shape index (κ1) is 8.11. The number of hydrogen-bond donors (Lipinski definition) is 1. The third-order valence-corrected chi connectivity index (χ3v) is 2.53. The highest BCUT2D eigenvalue weighted by Crippen LogP contribution is 2.25. The Hall–Kier alpha value is -2.23. The maximum absolute atomic E-state index is 11.9. The molecule has 0 atom stereocenters. The van der Waals surface area contributed by atoms with Crippen molar-refractivity contribution in [1.29, 1.82) is 0 Å². The predicted octanol–water partition coefficient (Wildman–Crippen LogP) is 1.19. The van der Waals surface area contributed by atoms with Crippen molar-refractivity contribution < 1.29 is 9.59 Å². The Labute approximate surface area is 85.0 Å². The summed E-state index contributed by atoms with van der Waals surface area (Å²) in [6.45, 7) is 0. The van der Waals surface area contributed by atoms with Crippen LogP contribution in [-0.4, -0.2) is 21.5 Å². The van der Waals surface area contributed by atoms with Crippen LogP contribution in [0.5, 0.6) is 0 Å². The van der Waals surface area contributed by atoms with E-state index >= 15 is 0 Å². The van der Waals surface area contributed by atoms with E-state index in [1.165, 1.54) is 12.4 Å². The quantitative estimate of drug-likeness (QED) is 0.590. The van der Waals surface area contributed by atoms with Crippen molar-refractivity contribution in [3.63, 3.8) is 0 Å². The van der Waals surface area contributed by atoms with Gasteiger partial charge in [0.05, 0.1) is 16.8 Å². The monoisotopic (exact) mass is 198 g/mol. The summed E-state index contributed by atoms with van der Waals surface area (Å²) in [6.07, 6.45) is 4.54. The average Bonchev–Trinajstić information content (AvgIpc) is 2.75. The van der Waals surface area contributed by atoms with Gasteiger partial charge in [-0.1, -0.05) is 0 Å². The lowest BCUT2D eigenvalue weighted by molar-refractivity contribution is 0.0976. The highest BCUT2D eigenvalue weighted by Gasteiger charge is 2.30. The minimum atomic E-state index is -0.146.